The van der Waals surface area contributed by atoms with Gasteiger partial charge in [0.25, 0.3) is 0 Å². The summed E-state index contributed by atoms with van der Waals surface area (Å²) in [6, 6.07) is 3.70. The number of alkyl halides is 1. The molecule has 2 aromatic carbocycles. The number of hydrogen-bond acceptors (Lipinski definition) is 8. The Morgan fingerprint density at radius 2 is 1.60 bits per heavy atom. The molecule has 0 aliphatic carbocycles. The van der Waals surface area contributed by atoms with Gasteiger partial charge in [0.1, 0.15) is 22.5 Å². The number of benzene rings is 2. The van der Waals surface area contributed by atoms with E-state index in [1.165, 1.54) is 0 Å². The number of ether oxygens (including phenoxy) is 1. The lowest BCUT2D eigenvalue weighted by atomic mass is 10.1. The lowest BCUT2D eigenvalue weighted by molar-refractivity contribution is 0.366. The molecule has 0 saturated carbocycles. The van der Waals surface area contributed by atoms with Crippen molar-refractivity contribution in [2.24, 2.45) is 0 Å². The fraction of sp³-hybridized carbons (Fsp3) is 0.0625. The summed E-state index contributed by atoms with van der Waals surface area (Å²) in [4.78, 5) is 12.6. The van der Waals surface area contributed by atoms with E-state index in [9.17, 15) is 30.3 Å². The summed E-state index contributed by atoms with van der Waals surface area (Å²) in [6.45, 7) is 0. The Morgan fingerprint density at radius 3 is 2.20 bits per heavy atom. The van der Waals surface area contributed by atoms with Crippen molar-refractivity contribution in [3.63, 3.8) is 0 Å². The number of hydrogen-bond donors (Lipinski definition) is 5. The fourth-order valence-corrected chi connectivity index (χ4v) is 2.49. The van der Waals surface area contributed by atoms with Gasteiger partial charge in [-0.1, -0.05) is 11.6 Å². The molecule has 0 spiro atoms. The van der Waals surface area contributed by atoms with Crippen molar-refractivity contribution in [3.05, 3.63) is 34.5 Å². The predicted molar refractivity (Wildman–Crippen MR) is 87.6 cm³/mol. The summed E-state index contributed by atoms with van der Waals surface area (Å²) in [5.74, 6) is -3.54. The third-order valence-corrected chi connectivity index (χ3v) is 3.56. The van der Waals surface area contributed by atoms with E-state index in [1.54, 1.807) is 0 Å². The quantitative estimate of drug-likeness (QED) is 0.352. The van der Waals surface area contributed by atoms with E-state index >= 15 is 0 Å². The molecular weight excluding hydrogens is 356 g/mol. The number of phenols is 5. The number of aromatic hydroxyl groups is 5. The van der Waals surface area contributed by atoms with Crippen LogP contribution in [0, 0.1) is 0 Å². The summed E-state index contributed by atoms with van der Waals surface area (Å²) in [7, 11) is 0. The van der Waals surface area contributed by atoms with Crippen molar-refractivity contribution in [2.75, 3.05) is 6.07 Å². The van der Waals surface area contributed by atoms with Crippen LogP contribution in [0.4, 0.5) is 0 Å². The molecule has 1 aromatic heterocycles. The molecule has 25 heavy (non-hydrogen) atoms. The van der Waals surface area contributed by atoms with Gasteiger partial charge in [-0.3, -0.25) is 4.79 Å². The highest BCUT2D eigenvalue weighted by Gasteiger charge is 2.22. The smallest absolute Gasteiger partial charge is 0.239 e. The van der Waals surface area contributed by atoms with Crippen LogP contribution in [0.15, 0.2) is 33.5 Å². The molecule has 0 atom stereocenters. The topological polar surface area (TPSA) is 141 Å². The average Bonchev–Trinajstić information content (AvgIpc) is 2.53. The van der Waals surface area contributed by atoms with Gasteiger partial charge in [-0.05, 0) is 12.1 Å². The van der Waals surface area contributed by atoms with E-state index in [0.717, 1.165) is 24.3 Å². The molecular formula is C16H11ClO8. The maximum Gasteiger partial charge on any atom is 0.239 e. The second kappa shape index (κ2) is 5.99. The Hall–Kier alpha value is -3.26. The van der Waals surface area contributed by atoms with Gasteiger partial charge < -0.3 is 34.7 Å². The van der Waals surface area contributed by atoms with E-state index in [-0.39, 0.29) is 33.8 Å². The number of halogens is 1. The molecule has 0 amide bonds. The summed E-state index contributed by atoms with van der Waals surface area (Å²) in [5.41, 5.74) is -0.942. The first kappa shape index (κ1) is 16.6. The number of phenolic OH excluding ortho intramolecular Hbond substituents is 5. The van der Waals surface area contributed by atoms with E-state index in [4.69, 9.17) is 20.8 Å². The van der Waals surface area contributed by atoms with Crippen LogP contribution in [0.2, 0.25) is 0 Å². The molecule has 0 aliphatic heterocycles. The Bertz CT molecular complexity index is 1020. The number of rotatable bonds is 3. The van der Waals surface area contributed by atoms with Gasteiger partial charge in [0.2, 0.25) is 11.2 Å². The van der Waals surface area contributed by atoms with Gasteiger partial charge in [0.05, 0.1) is 0 Å². The van der Waals surface area contributed by atoms with Gasteiger partial charge in [0, 0.05) is 17.7 Å². The van der Waals surface area contributed by atoms with Gasteiger partial charge in [-0.2, -0.15) is 0 Å². The lowest BCUT2D eigenvalue weighted by Crippen LogP contribution is -2.09. The van der Waals surface area contributed by atoms with Crippen LogP contribution < -0.4 is 10.2 Å². The molecule has 5 N–H and O–H groups in total. The molecule has 9 heteroatoms. The predicted octanol–water partition coefficient (Wildman–Crippen LogP) is 2.56. The highest BCUT2D eigenvalue weighted by molar-refractivity contribution is 6.17. The molecule has 0 radical (unpaired) electrons. The van der Waals surface area contributed by atoms with Crippen molar-refractivity contribution in [2.45, 2.75) is 0 Å². The zero-order valence-corrected chi connectivity index (χ0v) is 13.1. The van der Waals surface area contributed by atoms with Crippen molar-refractivity contribution in [3.8, 4) is 45.8 Å². The van der Waals surface area contributed by atoms with Crippen LogP contribution in [0.5, 0.6) is 34.5 Å². The highest BCUT2D eigenvalue weighted by Crippen LogP contribution is 2.42. The maximum absolute atomic E-state index is 12.6. The van der Waals surface area contributed by atoms with Crippen LogP contribution >= 0.6 is 11.6 Å². The molecule has 8 nitrogen and oxygen atoms in total. The zero-order chi connectivity index (χ0) is 18.3. The molecule has 130 valence electrons. The first-order chi connectivity index (χ1) is 11.8. The van der Waals surface area contributed by atoms with Gasteiger partial charge in [-0.15, -0.1) is 0 Å². The zero-order valence-electron chi connectivity index (χ0n) is 12.4. The fourth-order valence-electron chi connectivity index (χ4n) is 2.38. The molecule has 0 saturated heterocycles. The SMILES string of the molecule is O=c1c(OCCl)c(-c2cc(O)c(O)c(O)c2)oc2cc(O)cc(O)c12. The third kappa shape index (κ3) is 2.72. The largest absolute Gasteiger partial charge is 0.508 e. The minimum atomic E-state index is -0.776. The second-order valence-corrected chi connectivity index (χ2v) is 5.26. The summed E-state index contributed by atoms with van der Waals surface area (Å²) in [6.07, 6.45) is 0. The van der Waals surface area contributed by atoms with Crippen LogP contribution in [-0.4, -0.2) is 31.6 Å². The van der Waals surface area contributed by atoms with Crippen LogP contribution in [0.25, 0.3) is 22.3 Å². The first-order valence-electron chi connectivity index (χ1n) is 6.80. The Balaban J connectivity index is 2.41. The molecule has 0 unspecified atom stereocenters. The lowest BCUT2D eigenvalue weighted by Gasteiger charge is -2.12. The Kier molecular flexibility index (Phi) is 3.97. The average molecular weight is 367 g/mol. The minimum Gasteiger partial charge on any atom is -0.508 e. The molecule has 0 bridgehead atoms. The van der Waals surface area contributed by atoms with E-state index < -0.39 is 34.5 Å². The standard InChI is InChI=1S/C16H11ClO8/c17-5-24-16-14(23)12-8(19)3-7(18)4-11(12)25-15(16)6-1-9(20)13(22)10(21)2-6/h1-4,18-22H,5H2. The second-order valence-electron chi connectivity index (χ2n) is 5.04. The molecule has 0 aliphatic rings. The van der Waals surface area contributed by atoms with E-state index in [0.29, 0.717) is 0 Å². The summed E-state index contributed by atoms with van der Waals surface area (Å²) >= 11 is 5.53. The third-order valence-electron chi connectivity index (χ3n) is 3.45. The summed E-state index contributed by atoms with van der Waals surface area (Å²) in [5, 5.41) is 48.0. The highest BCUT2D eigenvalue weighted by atomic mass is 35.5. The minimum absolute atomic E-state index is 0.00486. The maximum atomic E-state index is 12.6. The molecule has 1 heterocycles. The van der Waals surface area contributed by atoms with Gasteiger partial charge >= 0.3 is 0 Å². The number of fused-ring (bicyclic) bond motifs is 1. The normalized spacial score (nSPS) is 10.9. The van der Waals surface area contributed by atoms with Crippen molar-refractivity contribution < 1.29 is 34.7 Å². The van der Waals surface area contributed by atoms with E-state index in [2.05, 4.69) is 0 Å². The molecule has 3 aromatic rings. The Labute approximate surface area is 144 Å². The monoisotopic (exact) mass is 366 g/mol. The van der Waals surface area contributed by atoms with Crippen molar-refractivity contribution >= 4 is 22.6 Å². The van der Waals surface area contributed by atoms with Crippen LogP contribution in [-0.2, 0) is 0 Å². The molecule has 0 fully saturated rings. The Morgan fingerprint density at radius 1 is 0.960 bits per heavy atom. The first-order valence-corrected chi connectivity index (χ1v) is 7.33. The molecule has 3 rings (SSSR count). The van der Waals surface area contributed by atoms with Crippen LogP contribution in [0.1, 0.15) is 0 Å². The van der Waals surface area contributed by atoms with Crippen LogP contribution in [0.3, 0.4) is 0 Å². The van der Waals surface area contributed by atoms with Gasteiger partial charge in [0.15, 0.2) is 29.1 Å². The van der Waals surface area contributed by atoms with Crippen molar-refractivity contribution in [1.82, 2.24) is 0 Å². The van der Waals surface area contributed by atoms with E-state index in [1.807, 2.05) is 0 Å². The van der Waals surface area contributed by atoms with Crippen molar-refractivity contribution in [1.29, 1.82) is 0 Å². The summed E-state index contributed by atoms with van der Waals surface area (Å²) < 4.78 is 10.6. The van der Waals surface area contributed by atoms with Gasteiger partial charge in [-0.25, -0.2) is 0 Å².